The Labute approximate surface area is 145 Å². The van der Waals surface area contributed by atoms with Crippen LogP contribution in [0.4, 0.5) is 0 Å². The summed E-state index contributed by atoms with van der Waals surface area (Å²) in [7, 11) is 1.59. The molecule has 1 aromatic heterocycles. The van der Waals surface area contributed by atoms with E-state index in [-0.39, 0.29) is 0 Å². The molecule has 0 bridgehead atoms. The molecule has 0 saturated heterocycles. The Kier molecular flexibility index (Phi) is 4.76. The number of fused-ring (bicyclic) bond motifs is 1. The summed E-state index contributed by atoms with van der Waals surface area (Å²) in [5.41, 5.74) is 4.97. The molecule has 5 heteroatoms. The molecule has 23 heavy (non-hydrogen) atoms. The van der Waals surface area contributed by atoms with Crippen LogP contribution in [-0.4, -0.2) is 23.0 Å². The third kappa shape index (κ3) is 3.44. The summed E-state index contributed by atoms with van der Waals surface area (Å²) < 4.78 is 1.05. The van der Waals surface area contributed by atoms with Crippen molar-refractivity contribution in [3.63, 3.8) is 0 Å². The molecule has 0 fully saturated rings. The lowest BCUT2D eigenvalue weighted by Crippen LogP contribution is -2.26. The molecular weight excluding hydrogens is 354 g/mol. The Balaban J connectivity index is 2.02. The second-order valence-electron chi connectivity index (χ2n) is 6.23. The van der Waals surface area contributed by atoms with Crippen molar-refractivity contribution < 1.29 is 4.84 Å². The van der Waals surface area contributed by atoms with E-state index < -0.39 is 0 Å². The van der Waals surface area contributed by atoms with Crippen molar-refractivity contribution in [1.29, 1.82) is 0 Å². The minimum atomic E-state index is 0.532. The van der Waals surface area contributed by atoms with Gasteiger partial charge in [0, 0.05) is 15.6 Å². The van der Waals surface area contributed by atoms with Gasteiger partial charge in [0.25, 0.3) is 0 Å². The van der Waals surface area contributed by atoms with Crippen molar-refractivity contribution in [3.05, 3.63) is 46.1 Å². The van der Waals surface area contributed by atoms with E-state index >= 15 is 0 Å². The van der Waals surface area contributed by atoms with Crippen molar-refractivity contribution in [2.75, 3.05) is 7.11 Å². The molecule has 0 saturated carbocycles. The number of halogens is 1. The Hall–Kier alpha value is -1.75. The van der Waals surface area contributed by atoms with Gasteiger partial charge in [0.2, 0.25) is 0 Å². The molecule has 0 aliphatic heterocycles. The molecule has 1 heterocycles. The van der Waals surface area contributed by atoms with Gasteiger partial charge in [-0.1, -0.05) is 47.1 Å². The lowest BCUT2D eigenvalue weighted by atomic mass is 9.79. The highest BCUT2D eigenvalue weighted by Crippen LogP contribution is 2.31. The highest BCUT2D eigenvalue weighted by atomic mass is 79.9. The standard InChI is InChI=1S/C18H20BrN3O/c1-11(2)13-8-17-15(18(9-13)22-23-3)10-16(20-21-17)12-4-6-14(19)7-5-12/h4-7,10-11,13H,8-9H2,1-3H3/b22-18-. The molecule has 2 aromatic rings. The fourth-order valence-corrected chi connectivity index (χ4v) is 3.19. The molecule has 0 amide bonds. The van der Waals surface area contributed by atoms with Crippen LogP contribution in [0.25, 0.3) is 11.3 Å². The lowest BCUT2D eigenvalue weighted by Gasteiger charge is -2.27. The maximum absolute atomic E-state index is 5.06. The average molecular weight is 374 g/mol. The minimum Gasteiger partial charge on any atom is -0.399 e. The molecule has 1 unspecified atom stereocenters. The number of aromatic nitrogens is 2. The van der Waals surface area contributed by atoms with Crippen LogP contribution in [0.15, 0.2) is 40.0 Å². The zero-order valence-electron chi connectivity index (χ0n) is 13.6. The van der Waals surface area contributed by atoms with E-state index in [0.717, 1.165) is 45.5 Å². The van der Waals surface area contributed by atoms with E-state index in [2.05, 4.69) is 51.2 Å². The van der Waals surface area contributed by atoms with Crippen molar-refractivity contribution in [2.45, 2.75) is 26.7 Å². The molecule has 0 N–H and O–H groups in total. The zero-order chi connectivity index (χ0) is 16.4. The van der Waals surface area contributed by atoms with Crippen molar-refractivity contribution in [1.82, 2.24) is 10.2 Å². The van der Waals surface area contributed by atoms with E-state index in [1.54, 1.807) is 7.11 Å². The van der Waals surface area contributed by atoms with Gasteiger partial charge in [-0.25, -0.2) is 0 Å². The first-order valence-electron chi connectivity index (χ1n) is 7.81. The quantitative estimate of drug-likeness (QED) is 0.745. The largest absolute Gasteiger partial charge is 0.399 e. The third-order valence-corrected chi connectivity index (χ3v) is 4.91. The van der Waals surface area contributed by atoms with Crippen LogP contribution in [-0.2, 0) is 11.3 Å². The van der Waals surface area contributed by atoms with E-state index in [4.69, 9.17) is 4.84 Å². The highest BCUT2D eigenvalue weighted by molar-refractivity contribution is 9.10. The Bertz CT molecular complexity index is 726. The second-order valence-corrected chi connectivity index (χ2v) is 7.15. The molecule has 1 aliphatic rings. The molecule has 120 valence electrons. The SMILES string of the molecule is CO/N=C1/CC(C(C)C)Cc2nnc(-c3ccc(Br)cc3)cc21. The molecule has 0 spiro atoms. The van der Waals surface area contributed by atoms with Gasteiger partial charge in [-0.2, -0.15) is 10.2 Å². The number of oxime groups is 1. The molecule has 3 rings (SSSR count). The smallest absolute Gasteiger partial charge is 0.106 e. The van der Waals surface area contributed by atoms with Crippen LogP contribution in [0, 0.1) is 11.8 Å². The topological polar surface area (TPSA) is 47.4 Å². The van der Waals surface area contributed by atoms with Crippen LogP contribution < -0.4 is 0 Å². The fraction of sp³-hybridized carbons (Fsp3) is 0.389. The predicted molar refractivity (Wildman–Crippen MR) is 95.4 cm³/mol. The van der Waals surface area contributed by atoms with Gasteiger partial charge < -0.3 is 4.84 Å². The van der Waals surface area contributed by atoms with Gasteiger partial charge in [-0.15, -0.1) is 0 Å². The van der Waals surface area contributed by atoms with Crippen molar-refractivity contribution in [3.8, 4) is 11.3 Å². The van der Waals surface area contributed by atoms with Gasteiger partial charge in [0.05, 0.1) is 17.1 Å². The number of hydrogen-bond donors (Lipinski definition) is 0. The van der Waals surface area contributed by atoms with Crippen LogP contribution in [0.1, 0.15) is 31.5 Å². The lowest BCUT2D eigenvalue weighted by molar-refractivity contribution is 0.211. The van der Waals surface area contributed by atoms with Crippen molar-refractivity contribution in [2.24, 2.45) is 17.0 Å². The van der Waals surface area contributed by atoms with E-state index in [0.29, 0.717) is 11.8 Å². The number of hydrogen-bond acceptors (Lipinski definition) is 4. The van der Waals surface area contributed by atoms with Gasteiger partial charge in [0.1, 0.15) is 7.11 Å². The summed E-state index contributed by atoms with van der Waals surface area (Å²) in [5.74, 6) is 1.11. The third-order valence-electron chi connectivity index (χ3n) is 4.38. The summed E-state index contributed by atoms with van der Waals surface area (Å²) in [5, 5.41) is 13.2. The Morgan fingerprint density at radius 3 is 2.57 bits per heavy atom. The first-order chi connectivity index (χ1) is 11.1. The fourth-order valence-electron chi connectivity index (χ4n) is 2.93. The van der Waals surface area contributed by atoms with Crippen LogP contribution >= 0.6 is 15.9 Å². The van der Waals surface area contributed by atoms with E-state index in [1.165, 1.54) is 0 Å². The van der Waals surface area contributed by atoms with Gasteiger partial charge in [-0.3, -0.25) is 0 Å². The summed E-state index contributed by atoms with van der Waals surface area (Å²) in [6.45, 7) is 4.48. The second kappa shape index (κ2) is 6.79. The monoisotopic (exact) mass is 373 g/mol. The van der Waals surface area contributed by atoms with Gasteiger partial charge in [-0.05, 0) is 42.9 Å². The highest BCUT2D eigenvalue weighted by Gasteiger charge is 2.28. The molecule has 0 radical (unpaired) electrons. The number of benzene rings is 1. The molecule has 1 atom stereocenters. The number of nitrogens with zero attached hydrogens (tertiary/aromatic N) is 3. The average Bonchev–Trinajstić information content (AvgIpc) is 2.55. The molecular formula is C18H20BrN3O. The first kappa shape index (κ1) is 16.1. The van der Waals surface area contributed by atoms with Crippen LogP contribution in [0.5, 0.6) is 0 Å². The molecule has 4 nitrogen and oxygen atoms in total. The number of rotatable bonds is 3. The molecule has 1 aromatic carbocycles. The van der Waals surface area contributed by atoms with E-state index in [1.807, 2.05) is 24.3 Å². The van der Waals surface area contributed by atoms with Crippen LogP contribution in [0.2, 0.25) is 0 Å². The Morgan fingerprint density at radius 1 is 1.17 bits per heavy atom. The summed E-state index contributed by atoms with van der Waals surface area (Å²) in [6.07, 6.45) is 1.87. The first-order valence-corrected chi connectivity index (χ1v) is 8.60. The summed E-state index contributed by atoms with van der Waals surface area (Å²) >= 11 is 3.46. The van der Waals surface area contributed by atoms with Gasteiger partial charge >= 0.3 is 0 Å². The summed E-state index contributed by atoms with van der Waals surface area (Å²) in [4.78, 5) is 5.06. The van der Waals surface area contributed by atoms with Crippen LogP contribution in [0.3, 0.4) is 0 Å². The minimum absolute atomic E-state index is 0.532. The normalized spacial score (nSPS) is 19.0. The maximum Gasteiger partial charge on any atom is 0.106 e. The maximum atomic E-state index is 5.06. The van der Waals surface area contributed by atoms with Gasteiger partial charge in [0.15, 0.2) is 0 Å². The zero-order valence-corrected chi connectivity index (χ0v) is 15.2. The van der Waals surface area contributed by atoms with E-state index in [9.17, 15) is 0 Å². The Morgan fingerprint density at radius 2 is 1.91 bits per heavy atom. The predicted octanol–water partition coefficient (Wildman–Crippen LogP) is 4.48. The summed E-state index contributed by atoms with van der Waals surface area (Å²) in [6, 6.07) is 10.2. The van der Waals surface area contributed by atoms with Crippen molar-refractivity contribution >= 4 is 21.6 Å². The molecule has 1 aliphatic carbocycles.